The third-order valence-electron chi connectivity index (χ3n) is 6.52. The average Bonchev–Trinajstić information content (AvgIpc) is 2.57. The number of carbonyl (C=O) groups excluding carboxylic acids is 1. The molecule has 6 nitrogen and oxygen atoms in total. The van der Waals surface area contributed by atoms with Crippen LogP contribution in [0.4, 0.5) is 0 Å². The minimum absolute atomic E-state index is 0. The Morgan fingerprint density at radius 3 is 2.29 bits per heavy atom. The minimum Gasteiger partial charge on any atom is -0.412 e. The molecule has 7 heteroatoms. The van der Waals surface area contributed by atoms with Crippen molar-refractivity contribution in [2.24, 2.45) is 23.2 Å². The number of aliphatic hydroxyl groups is 1. The zero-order chi connectivity index (χ0) is 21.1. The molecular formula is C24H49ClN2O4. The summed E-state index contributed by atoms with van der Waals surface area (Å²) in [7, 11) is 0. The van der Waals surface area contributed by atoms with E-state index < -0.39 is 5.60 Å². The highest BCUT2D eigenvalue weighted by Crippen LogP contribution is 2.43. The molecule has 0 bridgehead atoms. The number of halogens is 1. The number of piperidine rings is 1. The monoisotopic (exact) mass is 464 g/mol. The van der Waals surface area contributed by atoms with Crippen molar-refractivity contribution >= 4 is 17.5 Å². The first-order valence-corrected chi connectivity index (χ1v) is 11.4. The van der Waals surface area contributed by atoms with Crippen LogP contribution in [-0.4, -0.2) is 63.5 Å². The molecule has 6 N–H and O–H groups in total. The minimum atomic E-state index is -0.715. The summed E-state index contributed by atoms with van der Waals surface area (Å²) in [5.74, 6) is 1.60. The number of nitrogens with zero attached hydrogens (tertiary/aromatic N) is 1. The van der Waals surface area contributed by atoms with Crippen molar-refractivity contribution in [1.82, 2.24) is 10.2 Å². The Morgan fingerprint density at radius 2 is 1.84 bits per heavy atom. The van der Waals surface area contributed by atoms with Gasteiger partial charge in [0.1, 0.15) is 0 Å². The zero-order valence-electron chi connectivity index (χ0n) is 19.7. The number of alkyl halides is 1. The molecule has 0 radical (unpaired) electrons. The Morgan fingerprint density at radius 1 is 1.23 bits per heavy atom. The second-order valence-electron chi connectivity index (χ2n) is 10.5. The molecule has 2 aliphatic rings. The van der Waals surface area contributed by atoms with Crippen molar-refractivity contribution in [3.63, 3.8) is 0 Å². The molecule has 1 amide bonds. The lowest BCUT2D eigenvalue weighted by molar-refractivity contribution is -0.139. The standard InChI is InChI=1S/C23H41ClN2O2.CH4.2H2O/c1-16(2)20(25-13-12-23(5,6)28)21(27)26-14-11-19(22(3,4)15-26)17-7-9-18(24)10-8-17;;;/h7,9,16-20,25,28H,8,10-15H2,1-6H3;1H4;2*1H2/t17?,18?,19-,20-;;;/m1.../s1. The van der Waals surface area contributed by atoms with Crippen LogP contribution in [0.3, 0.4) is 0 Å². The fourth-order valence-electron chi connectivity index (χ4n) is 4.84. The summed E-state index contributed by atoms with van der Waals surface area (Å²) in [6.45, 7) is 14.7. The molecular weight excluding hydrogens is 416 g/mol. The Balaban J connectivity index is 0. The van der Waals surface area contributed by atoms with Gasteiger partial charge in [-0.2, -0.15) is 0 Å². The Bertz CT molecular complexity index is 560. The first-order chi connectivity index (χ1) is 12.9. The predicted octanol–water partition coefficient (Wildman–Crippen LogP) is 3.20. The summed E-state index contributed by atoms with van der Waals surface area (Å²) in [5.41, 5.74) is -0.621. The lowest BCUT2D eigenvalue weighted by atomic mass is 9.65. The van der Waals surface area contributed by atoms with E-state index in [9.17, 15) is 9.90 Å². The summed E-state index contributed by atoms with van der Waals surface area (Å²) >= 11 is 6.23. The first kappa shape index (κ1) is 32.5. The highest BCUT2D eigenvalue weighted by Gasteiger charge is 2.42. The summed E-state index contributed by atoms with van der Waals surface area (Å²) in [6.07, 6.45) is 8.37. The van der Waals surface area contributed by atoms with Crippen molar-refractivity contribution in [3.05, 3.63) is 12.2 Å². The Labute approximate surface area is 195 Å². The normalized spacial score (nSPS) is 26.4. The highest BCUT2D eigenvalue weighted by molar-refractivity contribution is 6.21. The van der Waals surface area contributed by atoms with Crippen LogP contribution < -0.4 is 5.32 Å². The smallest absolute Gasteiger partial charge is 0.239 e. The van der Waals surface area contributed by atoms with Crippen LogP contribution in [-0.2, 0) is 4.79 Å². The molecule has 1 saturated heterocycles. The van der Waals surface area contributed by atoms with Gasteiger partial charge in [-0.05, 0) is 69.2 Å². The van der Waals surface area contributed by atoms with Crippen molar-refractivity contribution in [2.45, 2.75) is 91.7 Å². The van der Waals surface area contributed by atoms with Gasteiger partial charge in [-0.25, -0.2) is 0 Å². The molecule has 0 aromatic rings. The molecule has 1 fully saturated rings. The first-order valence-electron chi connectivity index (χ1n) is 11.0. The number of allylic oxidation sites excluding steroid dienone is 2. The number of amides is 1. The quantitative estimate of drug-likeness (QED) is 0.445. The summed E-state index contributed by atoms with van der Waals surface area (Å²) in [6, 6.07) is -0.193. The summed E-state index contributed by atoms with van der Waals surface area (Å²) in [5, 5.41) is 13.5. The van der Waals surface area contributed by atoms with Gasteiger partial charge >= 0.3 is 0 Å². The second-order valence-corrected chi connectivity index (χ2v) is 11.1. The van der Waals surface area contributed by atoms with Gasteiger partial charge in [0.2, 0.25) is 5.91 Å². The van der Waals surface area contributed by atoms with Crippen LogP contribution in [0.15, 0.2) is 12.2 Å². The number of nitrogens with one attached hydrogen (secondary N) is 1. The van der Waals surface area contributed by atoms with Gasteiger partial charge in [-0.15, -0.1) is 11.6 Å². The van der Waals surface area contributed by atoms with Crippen molar-refractivity contribution in [3.8, 4) is 0 Å². The van der Waals surface area contributed by atoms with Crippen LogP contribution >= 0.6 is 11.6 Å². The third-order valence-corrected chi connectivity index (χ3v) is 6.88. The number of rotatable bonds is 7. The van der Waals surface area contributed by atoms with Crippen molar-refractivity contribution < 1.29 is 20.9 Å². The second kappa shape index (κ2) is 13.1. The lowest BCUT2D eigenvalue weighted by Crippen LogP contribution is -2.56. The van der Waals surface area contributed by atoms with E-state index in [2.05, 4.69) is 50.1 Å². The predicted molar refractivity (Wildman–Crippen MR) is 131 cm³/mol. The third kappa shape index (κ3) is 9.39. The van der Waals surface area contributed by atoms with Gasteiger partial charge in [0.05, 0.1) is 17.0 Å². The van der Waals surface area contributed by atoms with E-state index in [1.807, 2.05) is 0 Å². The largest absolute Gasteiger partial charge is 0.412 e. The van der Waals surface area contributed by atoms with Gasteiger partial charge in [0, 0.05) is 13.1 Å². The molecule has 0 aromatic heterocycles. The molecule has 1 aliphatic heterocycles. The molecule has 0 aromatic carbocycles. The fraction of sp³-hybridized carbons (Fsp3) is 0.875. The molecule has 2 rings (SSSR count). The van der Waals surface area contributed by atoms with E-state index in [1.54, 1.807) is 13.8 Å². The van der Waals surface area contributed by atoms with Crippen molar-refractivity contribution in [2.75, 3.05) is 19.6 Å². The van der Waals surface area contributed by atoms with E-state index in [0.717, 1.165) is 32.4 Å². The summed E-state index contributed by atoms with van der Waals surface area (Å²) in [4.78, 5) is 15.3. The molecule has 1 aliphatic carbocycles. The van der Waals surface area contributed by atoms with Crippen LogP contribution in [0, 0.1) is 23.2 Å². The molecule has 4 atom stereocenters. The maximum Gasteiger partial charge on any atom is 0.239 e. The summed E-state index contributed by atoms with van der Waals surface area (Å²) < 4.78 is 0. The average molecular weight is 465 g/mol. The van der Waals surface area contributed by atoms with Crippen LogP contribution in [0.5, 0.6) is 0 Å². The Kier molecular flexibility index (Phi) is 13.8. The lowest BCUT2D eigenvalue weighted by Gasteiger charge is -2.48. The number of hydrogen-bond donors (Lipinski definition) is 2. The number of carbonyl (C=O) groups is 1. The van der Waals surface area contributed by atoms with Gasteiger partial charge in [0.25, 0.3) is 0 Å². The van der Waals surface area contributed by atoms with Gasteiger partial charge in [0.15, 0.2) is 0 Å². The van der Waals surface area contributed by atoms with Gasteiger partial charge < -0.3 is 26.3 Å². The molecule has 186 valence electrons. The molecule has 31 heavy (non-hydrogen) atoms. The number of hydrogen-bond acceptors (Lipinski definition) is 3. The molecule has 2 unspecified atom stereocenters. The SMILES string of the molecule is C.CC(C)[C@@H](NCCC(C)(C)O)C(=O)N1CC[C@H](C2C=CC(Cl)CC2)C(C)(C)C1.O.O. The number of likely N-dealkylation sites (tertiary alicyclic amines) is 1. The van der Waals surface area contributed by atoms with Crippen LogP contribution in [0.25, 0.3) is 0 Å². The van der Waals surface area contributed by atoms with E-state index >= 15 is 0 Å². The molecule has 0 saturated carbocycles. The van der Waals surface area contributed by atoms with Crippen LogP contribution in [0.2, 0.25) is 0 Å². The van der Waals surface area contributed by atoms with Crippen LogP contribution in [0.1, 0.15) is 74.7 Å². The van der Waals surface area contributed by atoms with E-state index in [0.29, 0.717) is 24.8 Å². The highest BCUT2D eigenvalue weighted by atomic mass is 35.5. The maximum atomic E-state index is 13.3. The van der Waals surface area contributed by atoms with E-state index in [1.165, 1.54) is 0 Å². The van der Waals surface area contributed by atoms with Crippen molar-refractivity contribution in [1.29, 1.82) is 0 Å². The van der Waals surface area contributed by atoms with Gasteiger partial charge in [-0.3, -0.25) is 4.79 Å². The molecule has 1 heterocycles. The zero-order valence-corrected chi connectivity index (χ0v) is 20.4. The van der Waals surface area contributed by atoms with E-state index in [-0.39, 0.29) is 47.0 Å². The topological polar surface area (TPSA) is 116 Å². The van der Waals surface area contributed by atoms with E-state index in [4.69, 9.17) is 11.6 Å². The maximum absolute atomic E-state index is 13.3. The molecule has 0 spiro atoms. The Hall–Kier alpha value is -0.660. The fourth-order valence-corrected chi connectivity index (χ4v) is 5.05. The van der Waals surface area contributed by atoms with Gasteiger partial charge in [-0.1, -0.05) is 47.3 Å².